The molecule has 0 amide bonds. The maximum absolute atomic E-state index is 11.7. The fourth-order valence-electron chi connectivity index (χ4n) is 1.09. The van der Waals surface area contributed by atoms with Crippen LogP contribution in [-0.2, 0) is 17.1 Å². The predicted molar refractivity (Wildman–Crippen MR) is 56.3 cm³/mol. The molecule has 1 heterocycles. The van der Waals surface area contributed by atoms with Crippen LogP contribution in [0.2, 0.25) is 0 Å². The van der Waals surface area contributed by atoms with Crippen molar-refractivity contribution in [3.05, 3.63) is 6.33 Å². The van der Waals surface area contributed by atoms with Gasteiger partial charge in [-0.15, -0.1) is 12.3 Å². The molecule has 1 rings (SSSR count). The van der Waals surface area contributed by atoms with Crippen LogP contribution >= 0.6 is 0 Å². The van der Waals surface area contributed by atoms with Crippen molar-refractivity contribution in [2.75, 3.05) is 12.3 Å². The van der Waals surface area contributed by atoms with E-state index in [0.29, 0.717) is 6.42 Å². The van der Waals surface area contributed by atoms with E-state index in [1.807, 2.05) is 0 Å². The van der Waals surface area contributed by atoms with Crippen LogP contribution in [0.25, 0.3) is 0 Å². The quantitative estimate of drug-likeness (QED) is 0.527. The van der Waals surface area contributed by atoms with Gasteiger partial charge < -0.3 is 10.3 Å². The number of terminal acetylenes is 1. The van der Waals surface area contributed by atoms with E-state index in [1.165, 1.54) is 10.9 Å². The van der Waals surface area contributed by atoms with Gasteiger partial charge in [0.15, 0.2) is 10.8 Å². The number of rotatable bonds is 4. The summed E-state index contributed by atoms with van der Waals surface area (Å²) in [7, 11) is -2.07. The molecule has 1 aromatic rings. The Morgan fingerprint density at radius 2 is 2.40 bits per heavy atom. The van der Waals surface area contributed by atoms with Crippen LogP contribution in [0, 0.1) is 12.3 Å². The number of aromatic nitrogens is 2. The first kappa shape index (κ1) is 11.6. The number of anilines is 1. The van der Waals surface area contributed by atoms with Crippen molar-refractivity contribution in [2.24, 2.45) is 7.05 Å². The first-order valence-corrected chi connectivity index (χ1v) is 5.67. The zero-order chi connectivity index (χ0) is 11.5. The van der Waals surface area contributed by atoms with Crippen LogP contribution in [0.4, 0.5) is 5.82 Å². The van der Waals surface area contributed by atoms with E-state index >= 15 is 0 Å². The number of hydrogen-bond acceptors (Lipinski definition) is 4. The van der Waals surface area contributed by atoms with Crippen LogP contribution in [-0.4, -0.2) is 24.5 Å². The van der Waals surface area contributed by atoms with Gasteiger partial charge in [-0.3, -0.25) is 0 Å². The highest BCUT2D eigenvalue weighted by molar-refractivity contribution is 7.89. The number of nitrogens with one attached hydrogen (secondary N) is 1. The highest BCUT2D eigenvalue weighted by Crippen LogP contribution is 2.14. The molecule has 6 nitrogen and oxygen atoms in total. The lowest BCUT2D eigenvalue weighted by atomic mass is 10.5. The largest absolute Gasteiger partial charge is 0.381 e. The Kier molecular flexibility index (Phi) is 3.34. The minimum atomic E-state index is -3.62. The molecule has 0 fully saturated rings. The number of imidazole rings is 1. The topological polar surface area (TPSA) is 90.0 Å². The summed E-state index contributed by atoms with van der Waals surface area (Å²) in [5, 5.41) is -0.0421. The lowest BCUT2D eigenvalue weighted by Crippen LogP contribution is -2.27. The van der Waals surface area contributed by atoms with Gasteiger partial charge in [0.05, 0.1) is 6.33 Å². The third-order valence-corrected chi connectivity index (χ3v) is 3.32. The summed E-state index contributed by atoms with van der Waals surface area (Å²) in [4.78, 5) is 3.69. The summed E-state index contributed by atoms with van der Waals surface area (Å²) < 4.78 is 27.1. The average molecular weight is 228 g/mol. The summed E-state index contributed by atoms with van der Waals surface area (Å²) in [5.41, 5.74) is 5.44. The fraction of sp³-hybridized carbons (Fsp3) is 0.375. The fourth-order valence-corrected chi connectivity index (χ4v) is 2.35. The van der Waals surface area contributed by atoms with Crippen LogP contribution < -0.4 is 10.5 Å². The highest BCUT2D eigenvalue weighted by atomic mass is 32.2. The second-order valence-electron chi connectivity index (χ2n) is 2.90. The summed E-state index contributed by atoms with van der Waals surface area (Å²) in [6.07, 6.45) is 6.68. The van der Waals surface area contributed by atoms with Crippen LogP contribution in [0.15, 0.2) is 11.4 Å². The maximum Gasteiger partial charge on any atom is 0.260 e. The van der Waals surface area contributed by atoms with E-state index in [4.69, 9.17) is 12.2 Å². The standard InChI is InChI=1S/C8H12N4O2S/c1-3-4-5-11-15(13,14)8-7(9)10-6-12(8)2/h1,6,11H,4-5,9H2,2H3. The van der Waals surface area contributed by atoms with Gasteiger partial charge in [0, 0.05) is 20.0 Å². The average Bonchev–Trinajstić information content (AvgIpc) is 2.46. The lowest BCUT2D eigenvalue weighted by Gasteiger charge is -2.05. The number of nitrogen functional groups attached to an aromatic ring is 1. The van der Waals surface area contributed by atoms with Gasteiger partial charge in [-0.25, -0.2) is 18.1 Å². The molecule has 0 aliphatic heterocycles. The van der Waals surface area contributed by atoms with Gasteiger partial charge in [-0.1, -0.05) is 0 Å². The molecule has 1 aromatic heterocycles. The Morgan fingerprint density at radius 1 is 1.73 bits per heavy atom. The van der Waals surface area contributed by atoms with E-state index in [1.54, 1.807) is 7.05 Å². The monoisotopic (exact) mass is 228 g/mol. The molecule has 0 saturated carbocycles. The number of hydrogen-bond donors (Lipinski definition) is 2. The van der Waals surface area contributed by atoms with Crippen LogP contribution in [0.1, 0.15) is 6.42 Å². The molecular formula is C8H12N4O2S. The molecular weight excluding hydrogens is 216 g/mol. The van der Waals surface area contributed by atoms with Gasteiger partial charge in [0.25, 0.3) is 10.0 Å². The summed E-state index contributed by atoms with van der Waals surface area (Å²) in [6.45, 7) is 0.184. The molecule has 3 N–H and O–H groups in total. The summed E-state index contributed by atoms with van der Waals surface area (Å²) in [6, 6.07) is 0. The molecule has 0 bridgehead atoms. The van der Waals surface area contributed by atoms with E-state index < -0.39 is 10.0 Å². The highest BCUT2D eigenvalue weighted by Gasteiger charge is 2.21. The number of nitrogens with two attached hydrogens (primary N) is 1. The first-order chi connectivity index (χ1) is 6.99. The molecule has 0 radical (unpaired) electrons. The van der Waals surface area contributed by atoms with Gasteiger partial charge in [0.1, 0.15) is 0 Å². The Labute approximate surface area is 88.5 Å². The number of nitrogens with zero attached hydrogens (tertiary/aromatic N) is 2. The van der Waals surface area contributed by atoms with Crippen molar-refractivity contribution >= 4 is 15.8 Å². The smallest absolute Gasteiger partial charge is 0.260 e. The number of sulfonamides is 1. The molecule has 0 atom stereocenters. The van der Waals surface area contributed by atoms with E-state index in [9.17, 15) is 8.42 Å². The van der Waals surface area contributed by atoms with Crippen molar-refractivity contribution in [1.82, 2.24) is 14.3 Å². The lowest BCUT2D eigenvalue weighted by molar-refractivity contribution is 0.573. The molecule has 15 heavy (non-hydrogen) atoms. The van der Waals surface area contributed by atoms with Gasteiger partial charge in [-0.2, -0.15) is 0 Å². The number of aryl methyl sites for hydroxylation is 1. The Balaban J connectivity index is 2.93. The second-order valence-corrected chi connectivity index (χ2v) is 4.58. The summed E-state index contributed by atoms with van der Waals surface area (Å²) in [5.74, 6) is 2.31. The Morgan fingerprint density at radius 3 is 2.87 bits per heavy atom. The molecule has 0 aromatic carbocycles. The van der Waals surface area contributed by atoms with E-state index in [2.05, 4.69) is 15.6 Å². The maximum atomic E-state index is 11.7. The normalized spacial score (nSPS) is 11.2. The second kappa shape index (κ2) is 4.33. The Bertz CT molecular complexity index is 464. The molecule has 0 aliphatic carbocycles. The first-order valence-electron chi connectivity index (χ1n) is 4.19. The van der Waals surface area contributed by atoms with E-state index in [-0.39, 0.29) is 17.4 Å². The SMILES string of the molecule is C#CCCNS(=O)(=O)c1c(N)ncn1C. The van der Waals surface area contributed by atoms with Crippen molar-refractivity contribution in [3.63, 3.8) is 0 Å². The molecule has 0 saturated heterocycles. The zero-order valence-corrected chi connectivity index (χ0v) is 9.08. The molecule has 0 aliphatic rings. The molecule has 7 heteroatoms. The van der Waals surface area contributed by atoms with Gasteiger partial charge >= 0.3 is 0 Å². The van der Waals surface area contributed by atoms with Crippen molar-refractivity contribution in [3.8, 4) is 12.3 Å². The molecule has 0 spiro atoms. The minimum Gasteiger partial charge on any atom is -0.381 e. The van der Waals surface area contributed by atoms with Gasteiger partial charge in [-0.05, 0) is 0 Å². The van der Waals surface area contributed by atoms with Crippen molar-refractivity contribution < 1.29 is 8.42 Å². The molecule has 82 valence electrons. The zero-order valence-electron chi connectivity index (χ0n) is 8.27. The summed E-state index contributed by atoms with van der Waals surface area (Å²) >= 11 is 0. The van der Waals surface area contributed by atoms with Crippen LogP contribution in [0.5, 0.6) is 0 Å². The molecule has 0 unspecified atom stereocenters. The Hall–Kier alpha value is -1.52. The van der Waals surface area contributed by atoms with Crippen molar-refractivity contribution in [2.45, 2.75) is 11.4 Å². The third-order valence-electron chi connectivity index (χ3n) is 1.73. The third kappa shape index (κ3) is 2.49. The van der Waals surface area contributed by atoms with Crippen LogP contribution in [0.3, 0.4) is 0 Å². The van der Waals surface area contributed by atoms with E-state index in [0.717, 1.165) is 0 Å². The minimum absolute atomic E-state index is 0.0225. The predicted octanol–water partition coefficient (Wildman–Crippen LogP) is -0.696. The van der Waals surface area contributed by atoms with Crippen molar-refractivity contribution in [1.29, 1.82) is 0 Å². The van der Waals surface area contributed by atoms with Gasteiger partial charge in [0.2, 0.25) is 0 Å².